The minimum Gasteiger partial charge on any atom is -0.465 e. The van der Waals surface area contributed by atoms with Gasteiger partial charge in [-0.1, -0.05) is 42.5 Å². The molecule has 49 heavy (non-hydrogen) atoms. The number of likely N-dealkylation sites (N-methyl/N-ethyl adjacent to an activating group) is 1. The van der Waals surface area contributed by atoms with Crippen molar-refractivity contribution in [2.75, 3.05) is 30.1 Å². The van der Waals surface area contributed by atoms with Gasteiger partial charge >= 0.3 is 6.09 Å². The molecule has 2 aliphatic rings. The van der Waals surface area contributed by atoms with Crippen molar-refractivity contribution < 1.29 is 29.0 Å². The van der Waals surface area contributed by atoms with Crippen LogP contribution in [0.2, 0.25) is 0 Å². The highest BCUT2D eigenvalue weighted by molar-refractivity contribution is 6.09. The fourth-order valence-electron chi connectivity index (χ4n) is 6.51. The average molecular weight is 664 g/mol. The van der Waals surface area contributed by atoms with Crippen LogP contribution in [0.15, 0.2) is 72.8 Å². The second-order valence-electron chi connectivity index (χ2n) is 12.3. The molecule has 0 radical (unpaired) electrons. The molecule has 252 valence electrons. The normalized spacial score (nSPS) is 18.7. The number of anilines is 2. The summed E-state index contributed by atoms with van der Waals surface area (Å²) in [6.45, 7) is 4.00. The van der Waals surface area contributed by atoms with Gasteiger partial charge < -0.3 is 25.0 Å². The fourth-order valence-corrected chi connectivity index (χ4v) is 6.51. The van der Waals surface area contributed by atoms with Gasteiger partial charge in [0.25, 0.3) is 5.91 Å². The maximum absolute atomic E-state index is 14.8. The maximum atomic E-state index is 14.8. The Morgan fingerprint density at radius 3 is 2.35 bits per heavy atom. The van der Waals surface area contributed by atoms with Crippen LogP contribution < -0.4 is 15.1 Å². The predicted molar refractivity (Wildman–Crippen MR) is 181 cm³/mol. The number of hydrogen-bond acceptors (Lipinski definition) is 7. The van der Waals surface area contributed by atoms with Gasteiger partial charge in [0.15, 0.2) is 0 Å². The Morgan fingerprint density at radius 2 is 1.65 bits per heavy atom. The van der Waals surface area contributed by atoms with Crippen LogP contribution in [0.1, 0.15) is 37.9 Å². The zero-order chi connectivity index (χ0) is 34.8. The summed E-state index contributed by atoms with van der Waals surface area (Å²) < 4.78 is 7.20. The minimum absolute atomic E-state index is 0.0267. The Bertz CT molecular complexity index is 1960. The van der Waals surface area contributed by atoms with Gasteiger partial charge in [0.05, 0.1) is 46.4 Å². The topological polar surface area (TPSA) is 161 Å². The Hall–Kier alpha value is -5.74. The van der Waals surface area contributed by atoms with Crippen LogP contribution in [0, 0.1) is 17.2 Å². The molecule has 6 rings (SSSR count). The summed E-state index contributed by atoms with van der Waals surface area (Å²) in [5, 5.41) is 27.8. The van der Waals surface area contributed by atoms with E-state index in [0.29, 0.717) is 54.4 Å². The molecule has 3 heterocycles. The second-order valence-corrected chi connectivity index (χ2v) is 12.3. The van der Waals surface area contributed by atoms with Crippen molar-refractivity contribution in [3.05, 3.63) is 84.1 Å². The number of nitriles is 1. The highest BCUT2D eigenvalue weighted by Crippen LogP contribution is 2.38. The van der Waals surface area contributed by atoms with Crippen LogP contribution in [0.25, 0.3) is 16.6 Å². The van der Waals surface area contributed by atoms with Gasteiger partial charge in [-0.25, -0.2) is 9.48 Å². The first-order valence-corrected chi connectivity index (χ1v) is 16.2. The highest BCUT2D eigenvalue weighted by atomic mass is 16.5. The van der Waals surface area contributed by atoms with Gasteiger partial charge in [-0.05, 0) is 57.0 Å². The molecule has 0 spiro atoms. The summed E-state index contributed by atoms with van der Waals surface area (Å²) in [6.07, 6.45) is -0.256. The van der Waals surface area contributed by atoms with Crippen molar-refractivity contribution in [1.29, 1.82) is 5.26 Å². The van der Waals surface area contributed by atoms with Crippen molar-refractivity contribution in [3.8, 4) is 11.8 Å². The molecular weight excluding hydrogens is 626 g/mol. The largest absolute Gasteiger partial charge is 0.465 e. The molecule has 4 amide bonds. The molecule has 0 saturated carbocycles. The summed E-state index contributed by atoms with van der Waals surface area (Å²) >= 11 is 0. The van der Waals surface area contributed by atoms with E-state index in [-0.39, 0.29) is 18.4 Å². The first-order valence-electron chi connectivity index (χ1n) is 16.2. The first kappa shape index (κ1) is 33.2. The highest BCUT2D eigenvalue weighted by Gasteiger charge is 2.44. The number of para-hydroxylation sites is 4. The molecule has 2 N–H and O–H groups in total. The molecule has 2 aliphatic heterocycles. The number of nitrogens with zero attached hydrogens (tertiary/aromatic N) is 6. The third kappa shape index (κ3) is 6.18. The van der Waals surface area contributed by atoms with Crippen LogP contribution in [-0.2, 0) is 25.7 Å². The minimum atomic E-state index is -1.30. The summed E-state index contributed by atoms with van der Waals surface area (Å²) in [4.78, 5) is 58.3. The Balaban J connectivity index is 1.47. The average Bonchev–Trinajstić information content (AvgIpc) is 3.46. The lowest BCUT2D eigenvalue weighted by molar-refractivity contribution is -0.131. The number of aromatic nitrogens is 2. The van der Waals surface area contributed by atoms with E-state index in [9.17, 15) is 29.5 Å². The lowest BCUT2D eigenvalue weighted by Crippen LogP contribution is -2.60. The number of carbonyl (C=O) groups is 4. The summed E-state index contributed by atoms with van der Waals surface area (Å²) in [5.74, 6) is -1.70. The number of carbonyl (C=O) groups excluding carboxylic acids is 3. The van der Waals surface area contributed by atoms with Gasteiger partial charge in [0.2, 0.25) is 11.8 Å². The van der Waals surface area contributed by atoms with Crippen molar-refractivity contribution in [2.24, 2.45) is 5.92 Å². The number of benzene rings is 3. The van der Waals surface area contributed by atoms with E-state index in [1.165, 1.54) is 18.9 Å². The van der Waals surface area contributed by atoms with Crippen molar-refractivity contribution in [1.82, 2.24) is 20.0 Å². The van der Waals surface area contributed by atoms with Crippen LogP contribution in [0.4, 0.5) is 16.2 Å². The molecule has 1 aromatic heterocycles. The number of ether oxygens (including phenoxy) is 1. The van der Waals surface area contributed by atoms with E-state index in [1.54, 1.807) is 59.0 Å². The number of fused-ring (bicyclic) bond motifs is 2. The predicted octanol–water partition coefficient (Wildman–Crippen LogP) is 4.08. The summed E-state index contributed by atoms with van der Waals surface area (Å²) in [5.41, 5.74) is 3.24. The number of carboxylic acid groups (broad SMARTS) is 1. The Labute approximate surface area is 283 Å². The van der Waals surface area contributed by atoms with E-state index in [0.717, 1.165) is 15.8 Å². The van der Waals surface area contributed by atoms with E-state index >= 15 is 0 Å². The van der Waals surface area contributed by atoms with Crippen LogP contribution in [0.5, 0.6) is 0 Å². The quantitative estimate of drug-likeness (QED) is 0.299. The molecule has 0 bridgehead atoms. The summed E-state index contributed by atoms with van der Waals surface area (Å²) in [7, 11) is 1.28. The molecule has 4 aromatic rings. The van der Waals surface area contributed by atoms with Crippen molar-refractivity contribution in [2.45, 2.75) is 51.4 Å². The van der Waals surface area contributed by atoms with Gasteiger partial charge in [0.1, 0.15) is 18.2 Å². The molecule has 1 fully saturated rings. The number of rotatable bonds is 7. The molecule has 13 heteroatoms. The second kappa shape index (κ2) is 13.8. The zero-order valence-corrected chi connectivity index (χ0v) is 27.4. The van der Waals surface area contributed by atoms with Crippen molar-refractivity contribution >= 4 is 46.1 Å². The molecule has 0 unspecified atom stereocenters. The standard InChI is InChI=1S/C36H37N7O6/c1-22-32(38-33(44)23(2)40(3)36(47)48)35(46)41(30-14-8-9-15-31(30)42(22)34(45)24-16-18-49-19-17-24)21-27-26-11-5-7-13-29(26)43(39-27)28-12-6-4-10-25(28)20-37/h4-15,22-24,32H,16-19,21H2,1-3H3,(H,38,44)(H,47,48)/t22-,23-,32-/m0/s1. The molecular formula is C36H37N7O6. The lowest BCUT2D eigenvalue weighted by Gasteiger charge is -2.36. The lowest BCUT2D eigenvalue weighted by atomic mass is 9.96. The number of hydrogen-bond donors (Lipinski definition) is 2. The van der Waals surface area contributed by atoms with E-state index in [4.69, 9.17) is 9.84 Å². The van der Waals surface area contributed by atoms with Crippen LogP contribution >= 0.6 is 0 Å². The number of nitrogens with one attached hydrogen (secondary N) is 1. The van der Waals surface area contributed by atoms with Gasteiger partial charge in [-0.2, -0.15) is 10.4 Å². The maximum Gasteiger partial charge on any atom is 0.407 e. The number of amides is 4. The van der Waals surface area contributed by atoms with Gasteiger partial charge in [-0.15, -0.1) is 0 Å². The van der Waals surface area contributed by atoms with E-state index < -0.39 is 36.0 Å². The van der Waals surface area contributed by atoms with E-state index in [2.05, 4.69) is 11.4 Å². The van der Waals surface area contributed by atoms with Crippen LogP contribution in [-0.4, -0.2) is 82.0 Å². The Morgan fingerprint density at radius 1 is 1.02 bits per heavy atom. The third-order valence-electron chi connectivity index (χ3n) is 9.45. The van der Waals surface area contributed by atoms with Crippen LogP contribution in [0.3, 0.4) is 0 Å². The van der Waals surface area contributed by atoms with Gasteiger partial charge in [0, 0.05) is 31.6 Å². The SMILES string of the molecule is C[C@@H](C(=O)N[C@@H]1C(=O)N(Cc2nn(-c3ccccc3C#N)c3ccccc23)c2ccccc2N(C(=O)C2CCOCC2)[C@H]1C)N(C)C(=O)O. The molecule has 3 aromatic carbocycles. The first-order chi connectivity index (χ1) is 23.6. The zero-order valence-electron chi connectivity index (χ0n) is 27.4. The van der Waals surface area contributed by atoms with Crippen molar-refractivity contribution in [3.63, 3.8) is 0 Å². The van der Waals surface area contributed by atoms with Gasteiger partial charge in [-0.3, -0.25) is 19.3 Å². The Kier molecular flexibility index (Phi) is 9.33. The third-order valence-corrected chi connectivity index (χ3v) is 9.45. The smallest absolute Gasteiger partial charge is 0.407 e. The molecule has 3 atom stereocenters. The monoisotopic (exact) mass is 663 g/mol. The molecule has 1 saturated heterocycles. The summed E-state index contributed by atoms with van der Waals surface area (Å²) in [6, 6.07) is 20.8. The molecule has 13 nitrogen and oxygen atoms in total. The fraction of sp³-hybridized carbons (Fsp3) is 0.333. The van der Waals surface area contributed by atoms with E-state index in [1.807, 2.05) is 30.3 Å². The molecule has 0 aliphatic carbocycles.